The van der Waals surface area contributed by atoms with Crippen LogP contribution in [0.25, 0.3) is 0 Å². The van der Waals surface area contributed by atoms with Crippen molar-refractivity contribution in [2.24, 2.45) is 0 Å². The average molecular weight is 313 g/mol. The first-order valence-corrected chi connectivity index (χ1v) is 6.25. The summed E-state index contributed by atoms with van der Waals surface area (Å²) in [6.07, 6.45) is 1.63. The second-order valence-electron chi connectivity index (χ2n) is 3.80. The normalized spacial score (nSPS) is 10.4. The van der Waals surface area contributed by atoms with Gasteiger partial charge in [0.1, 0.15) is 16.2 Å². The molecule has 0 saturated carbocycles. The Balaban J connectivity index is 2.28. The van der Waals surface area contributed by atoms with Gasteiger partial charge < -0.3 is 5.32 Å². The third-order valence-electron chi connectivity index (χ3n) is 2.24. The van der Waals surface area contributed by atoms with Crippen LogP contribution in [-0.2, 0) is 0 Å². The fraction of sp³-hybridized carbons (Fsp3) is 0.167. The molecule has 0 aliphatic rings. The standard InChI is InChI=1S/C12H11BrClN3/c1-7-3-10(13)16-12(4-7)17-11-5-8(2)9(14)6-15-11/h3-6H,1-2H3,(H,15,16,17). The molecule has 0 spiro atoms. The Bertz CT molecular complexity index is 537. The van der Waals surface area contributed by atoms with Crippen molar-refractivity contribution in [1.82, 2.24) is 9.97 Å². The molecule has 2 heterocycles. The van der Waals surface area contributed by atoms with Crippen LogP contribution >= 0.6 is 27.5 Å². The lowest BCUT2D eigenvalue weighted by Gasteiger charge is -2.07. The molecule has 0 amide bonds. The van der Waals surface area contributed by atoms with Gasteiger partial charge in [-0.05, 0) is 59.1 Å². The molecule has 2 rings (SSSR count). The van der Waals surface area contributed by atoms with Crippen molar-refractivity contribution in [3.63, 3.8) is 0 Å². The Morgan fingerprint density at radius 1 is 1.18 bits per heavy atom. The molecular formula is C12H11BrClN3. The lowest BCUT2D eigenvalue weighted by molar-refractivity contribution is 1.20. The highest BCUT2D eigenvalue weighted by Gasteiger charge is 2.02. The Labute approximate surface area is 113 Å². The summed E-state index contributed by atoms with van der Waals surface area (Å²) >= 11 is 9.28. The minimum atomic E-state index is 0.661. The van der Waals surface area contributed by atoms with E-state index in [0.717, 1.165) is 27.4 Å². The molecule has 0 atom stereocenters. The zero-order chi connectivity index (χ0) is 12.4. The smallest absolute Gasteiger partial charge is 0.133 e. The van der Waals surface area contributed by atoms with Crippen molar-refractivity contribution in [3.05, 3.63) is 45.1 Å². The molecule has 88 valence electrons. The lowest BCUT2D eigenvalue weighted by atomic mass is 10.3. The van der Waals surface area contributed by atoms with Crippen LogP contribution in [0.2, 0.25) is 5.02 Å². The van der Waals surface area contributed by atoms with Crippen molar-refractivity contribution in [1.29, 1.82) is 0 Å². The minimum absolute atomic E-state index is 0.661. The van der Waals surface area contributed by atoms with Gasteiger partial charge in [0.05, 0.1) is 5.02 Å². The van der Waals surface area contributed by atoms with Gasteiger partial charge in [0.2, 0.25) is 0 Å². The number of rotatable bonds is 2. The third kappa shape index (κ3) is 3.17. The average Bonchev–Trinajstić information content (AvgIpc) is 2.22. The predicted molar refractivity (Wildman–Crippen MR) is 73.9 cm³/mol. The molecule has 2 aromatic rings. The Morgan fingerprint density at radius 3 is 2.59 bits per heavy atom. The van der Waals surface area contributed by atoms with Crippen LogP contribution < -0.4 is 5.32 Å². The van der Waals surface area contributed by atoms with Gasteiger partial charge in [0.25, 0.3) is 0 Å². The summed E-state index contributed by atoms with van der Waals surface area (Å²) in [4.78, 5) is 8.51. The SMILES string of the molecule is Cc1cc(Br)nc(Nc2cc(C)c(Cl)cn2)c1. The van der Waals surface area contributed by atoms with Crippen LogP contribution in [0, 0.1) is 13.8 Å². The molecule has 0 saturated heterocycles. The van der Waals surface area contributed by atoms with Crippen LogP contribution in [0.1, 0.15) is 11.1 Å². The Kier molecular flexibility index (Phi) is 3.64. The van der Waals surface area contributed by atoms with E-state index < -0.39 is 0 Å². The highest BCUT2D eigenvalue weighted by atomic mass is 79.9. The van der Waals surface area contributed by atoms with Crippen LogP contribution in [0.3, 0.4) is 0 Å². The van der Waals surface area contributed by atoms with Crippen LogP contribution in [0.5, 0.6) is 0 Å². The van der Waals surface area contributed by atoms with E-state index >= 15 is 0 Å². The third-order valence-corrected chi connectivity index (χ3v) is 3.04. The molecule has 0 fully saturated rings. The fourth-order valence-electron chi connectivity index (χ4n) is 1.43. The molecule has 3 nitrogen and oxygen atoms in total. The lowest BCUT2D eigenvalue weighted by Crippen LogP contribution is -1.97. The molecule has 0 aliphatic heterocycles. The van der Waals surface area contributed by atoms with Crippen LogP contribution in [-0.4, -0.2) is 9.97 Å². The molecule has 0 unspecified atom stereocenters. The molecule has 17 heavy (non-hydrogen) atoms. The monoisotopic (exact) mass is 311 g/mol. The summed E-state index contributed by atoms with van der Waals surface area (Å²) < 4.78 is 0.797. The number of nitrogens with zero attached hydrogens (tertiary/aromatic N) is 2. The van der Waals surface area contributed by atoms with Gasteiger partial charge in [-0.15, -0.1) is 0 Å². The van der Waals surface area contributed by atoms with Crippen molar-refractivity contribution in [2.75, 3.05) is 5.32 Å². The zero-order valence-electron chi connectivity index (χ0n) is 9.46. The molecular weight excluding hydrogens is 302 g/mol. The minimum Gasteiger partial charge on any atom is -0.325 e. The predicted octanol–water partition coefficient (Wildman–Crippen LogP) is 4.25. The van der Waals surface area contributed by atoms with Gasteiger partial charge in [-0.1, -0.05) is 11.6 Å². The maximum atomic E-state index is 5.92. The number of hydrogen-bond donors (Lipinski definition) is 1. The van der Waals surface area contributed by atoms with E-state index in [4.69, 9.17) is 11.6 Å². The van der Waals surface area contributed by atoms with Crippen molar-refractivity contribution in [2.45, 2.75) is 13.8 Å². The number of anilines is 2. The van der Waals surface area contributed by atoms with Gasteiger partial charge in [0.15, 0.2) is 0 Å². The topological polar surface area (TPSA) is 37.8 Å². The van der Waals surface area contributed by atoms with Gasteiger partial charge in [-0.25, -0.2) is 9.97 Å². The van der Waals surface area contributed by atoms with Crippen LogP contribution in [0.15, 0.2) is 29.0 Å². The highest BCUT2D eigenvalue weighted by molar-refractivity contribution is 9.10. The van der Waals surface area contributed by atoms with Crippen molar-refractivity contribution in [3.8, 4) is 0 Å². The van der Waals surface area contributed by atoms with Gasteiger partial charge in [-0.2, -0.15) is 0 Å². The second-order valence-corrected chi connectivity index (χ2v) is 5.02. The maximum Gasteiger partial charge on any atom is 0.133 e. The molecule has 0 bridgehead atoms. The molecule has 5 heteroatoms. The van der Waals surface area contributed by atoms with E-state index in [-0.39, 0.29) is 0 Å². The summed E-state index contributed by atoms with van der Waals surface area (Å²) in [5, 5.41) is 3.80. The van der Waals surface area contributed by atoms with E-state index in [9.17, 15) is 0 Å². The quantitative estimate of drug-likeness (QED) is 0.842. The molecule has 2 aromatic heterocycles. The number of halogens is 2. The van der Waals surface area contributed by atoms with E-state index in [2.05, 4.69) is 31.2 Å². The fourth-order valence-corrected chi connectivity index (χ4v) is 2.08. The zero-order valence-corrected chi connectivity index (χ0v) is 11.8. The molecule has 0 aromatic carbocycles. The maximum absolute atomic E-state index is 5.92. The summed E-state index contributed by atoms with van der Waals surface area (Å²) in [5.74, 6) is 1.49. The van der Waals surface area contributed by atoms with Crippen LogP contribution in [0.4, 0.5) is 11.6 Å². The largest absolute Gasteiger partial charge is 0.325 e. The van der Waals surface area contributed by atoms with E-state index in [1.807, 2.05) is 32.0 Å². The number of nitrogens with one attached hydrogen (secondary N) is 1. The first kappa shape index (κ1) is 12.3. The molecule has 1 N–H and O–H groups in total. The Morgan fingerprint density at radius 2 is 1.94 bits per heavy atom. The number of aromatic nitrogens is 2. The number of aryl methyl sites for hydroxylation is 2. The number of hydrogen-bond acceptors (Lipinski definition) is 3. The Hall–Kier alpha value is -1.13. The van der Waals surface area contributed by atoms with Gasteiger partial charge >= 0.3 is 0 Å². The first-order chi connectivity index (χ1) is 8.04. The second kappa shape index (κ2) is 5.02. The van der Waals surface area contributed by atoms with Gasteiger partial charge in [-0.3, -0.25) is 0 Å². The van der Waals surface area contributed by atoms with Crippen molar-refractivity contribution >= 4 is 39.2 Å². The first-order valence-electron chi connectivity index (χ1n) is 5.08. The molecule has 0 aliphatic carbocycles. The van der Waals surface area contributed by atoms with Gasteiger partial charge in [0, 0.05) is 6.20 Å². The summed E-state index contributed by atoms with van der Waals surface area (Å²) in [6, 6.07) is 5.79. The summed E-state index contributed by atoms with van der Waals surface area (Å²) in [7, 11) is 0. The number of pyridine rings is 2. The van der Waals surface area contributed by atoms with Crippen molar-refractivity contribution < 1.29 is 0 Å². The summed E-state index contributed by atoms with van der Waals surface area (Å²) in [6.45, 7) is 3.95. The van der Waals surface area contributed by atoms with E-state index in [1.165, 1.54) is 0 Å². The van der Waals surface area contributed by atoms with E-state index in [0.29, 0.717) is 5.02 Å². The van der Waals surface area contributed by atoms with E-state index in [1.54, 1.807) is 6.20 Å². The summed E-state index contributed by atoms with van der Waals surface area (Å²) in [5.41, 5.74) is 2.11. The highest BCUT2D eigenvalue weighted by Crippen LogP contribution is 2.21. The molecule has 0 radical (unpaired) electrons.